The van der Waals surface area contributed by atoms with Crippen LogP contribution in [-0.2, 0) is 32.7 Å². The van der Waals surface area contributed by atoms with Crippen molar-refractivity contribution in [1.82, 2.24) is 0 Å². The van der Waals surface area contributed by atoms with Crippen molar-refractivity contribution in [1.29, 1.82) is 0 Å². The van der Waals surface area contributed by atoms with Crippen molar-refractivity contribution in [3.63, 3.8) is 0 Å². The Morgan fingerprint density at radius 1 is 0.566 bits per heavy atom. The second-order valence-corrected chi connectivity index (χ2v) is 13.8. The molecule has 0 aliphatic heterocycles. The lowest BCUT2D eigenvalue weighted by Crippen LogP contribution is -2.29. The van der Waals surface area contributed by atoms with Gasteiger partial charge in [-0.05, 0) is 83.5 Å². The molecule has 9 nitrogen and oxygen atoms in total. The molecule has 0 rings (SSSR count). The second kappa shape index (κ2) is 38.6. The van der Waals surface area contributed by atoms with Crippen LogP contribution in [0.15, 0.2) is 97.2 Å². The molecule has 10 heteroatoms. The van der Waals surface area contributed by atoms with Gasteiger partial charge in [0, 0.05) is 19.4 Å². The van der Waals surface area contributed by atoms with E-state index in [1.54, 1.807) is 0 Å². The Balaban J connectivity index is 4.36. The highest BCUT2D eigenvalue weighted by Gasteiger charge is 2.25. The number of hydrogen-bond donors (Lipinski definition) is 2. The summed E-state index contributed by atoms with van der Waals surface area (Å²) in [6, 6.07) is 0. The molecular formula is C43H70NO8P. The van der Waals surface area contributed by atoms with E-state index in [1.807, 2.05) is 6.08 Å². The van der Waals surface area contributed by atoms with Crippen LogP contribution in [0, 0.1) is 0 Å². The summed E-state index contributed by atoms with van der Waals surface area (Å²) in [6.45, 7) is 3.38. The van der Waals surface area contributed by atoms with Crippen molar-refractivity contribution in [3.05, 3.63) is 97.2 Å². The van der Waals surface area contributed by atoms with Gasteiger partial charge in [0.25, 0.3) is 0 Å². The lowest BCUT2D eigenvalue weighted by atomic mass is 10.1. The molecule has 0 aliphatic carbocycles. The molecule has 0 aromatic heterocycles. The number of hydrogen-bond acceptors (Lipinski definition) is 8. The molecule has 0 spiro atoms. The van der Waals surface area contributed by atoms with E-state index in [4.69, 9.17) is 24.3 Å². The van der Waals surface area contributed by atoms with E-state index in [1.165, 1.54) is 0 Å². The monoisotopic (exact) mass is 759 g/mol. The molecule has 0 saturated carbocycles. The lowest BCUT2D eigenvalue weighted by molar-refractivity contribution is -0.161. The van der Waals surface area contributed by atoms with Gasteiger partial charge < -0.3 is 20.1 Å². The predicted octanol–water partition coefficient (Wildman–Crippen LogP) is 11.0. The van der Waals surface area contributed by atoms with Crippen molar-refractivity contribution >= 4 is 19.8 Å². The first-order valence-electron chi connectivity index (χ1n) is 19.7. The summed E-state index contributed by atoms with van der Waals surface area (Å²) in [6.07, 6.45) is 48.7. The number of nitrogens with two attached hydrogens (primary N) is 1. The molecule has 0 aromatic carbocycles. The molecule has 0 bridgehead atoms. The zero-order chi connectivity index (χ0) is 38.9. The third-order valence-electron chi connectivity index (χ3n) is 7.47. The molecule has 3 N–H and O–H groups in total. The number of rotatable bonds is 35. The Kier molecular flexibility index (Phi) is 36.4. The minimum Gasteiger partial charge on any atom is -0.462 e. The molecule has 2 atom stereocenters. The summed E-state index contributed by atoms with van der Waals surface area (Å²) >= 11 is 0. The topological polar surface area (TPSA) is 134 Å². The number of phosphoric ester groups is 1. The van der Waals surface area contributed by atoms with Crippen molar-refractivity contribution in [3.8, 4) is 0 Å². The summed E-state index contributed by atoms with van der Waals surface area (Å²) in [5.74, 6) is -0.930. The van der Waals surface area contributed by atoms with Crippen LogP contribution in [0.25, 0.3) is 0 Å². The SMILES string of the molecule is CC/C=C\C/C=C\C/C=C\C/C=C\C/C=C\CCCC(=O)OC[C@H](COP(=O)(O)OCCN)OC(=O)CCCCCCC/C=C\C/C=C\C/C=C\CC. The summed E-state index contributed by atoms with van der Waals surface area (Å²) < 4.78 is 32.6. The van der Waals surface area contributed by atoms with Gasteiger partial charge in [0.05, 0.1) is 13.2 Å². The Bertz CT molecular complexity index is 1180. The van der Waals surface area contributed by atoms with Gasteiger partial charge in [0.15, 0.2) is 6.10 Å². The van der Waals surface area contributed by atoms with E-state index in [-0.39, 0.29) is 32.6 Å². The highest BCUT2D eigenvalue weighted by Crippen LogP contribution is 2.43. The minimum atomic E-state index is -4.40. The first kappa shape index (κ1) is 49.9. The lowest BCUT2D eigenvalue weighted by Gasteiger charge is -2.19. The fraction of sp³-hybridized carbons (Fsp3) is 0.581. The molecule has 53 heavy (non-hydrogen) atoms. The predicted molar refractivity (Wildman–Crippen MR) is 219 cm³/mol. The minimum absolute atomic E-state index is 0.0370. The number of unbranched alkanes of at least 4 members (excludes halogenated alkanes) is 6. The molecule has 0 aliphatic rings. The maximum atomic E-state index is 12.5. The number of carbonyl (C=O) groups excluding carboxylic acids is 2. The van der Waals surface area contributed by atoms with Crippen LogP contribution >= 0.6 is 7.82 Å². The number of phosphoric acid groups is 1. The first-order valence-corrected chi connectivity index (χ1v) is 21.2. The largest absolute Gasteiger partial charge is 0.472 e. The maximum absolute atomic E-state index is 12.5. The third-order valence-corrected chi connectivity index (χ3v) is 8.45. The summed E-state index contributed by atoms with van der Waals surface area (Å²) in [7, 11) is -4.40. The molecule has 0 amide bonds. The van der Waals surface area contributed by atoms with Gasteiger partial charge in [-0.2, -0.15) is 0 Å². The Morgan fingerprint density at radius 2 is 1.00 bits per heavy atom. The van der Waals surface area contributed by atoms with Crippen LogP contribution in [0.5, 0.6) is 0 Å². The number of carbonyl (C=O) groups is 2. The van der Waals surface area contributed by atoms with Gasteiger partial charge in [-0.3, -0.25) is 18.6 Å². The highest BCUT2D eigenvalue weighted by atomic mass is 31.2. The molecular weight excluding hydrogens is 689 g/mol. The fourth-order valence-electron chi connectivity index (χ4n) is 4.62. The van der Waals surface area contributed by atoms with Crippen molar-refractivity contribution < 1.29 is 37.6 Å². The normalized spacial score (nSPS) is 14.4. The quantitative estimate of drug-likeness (QED) is 0.0280. The smallest absolute Gasteiger partial charge is 0.462 e. The Labute approximate surface area is 321 Å². The summed E-state index contributed by atoms with van der Waals surface area (Å²) in [5, 5.41) is 0. The van der Waals surface area contributed by atoms with Gasteiger partial charge in [0.1, 0.15) is 6.61 Å². The average molecular weight is 760 g/mol. The van der Waals surface area contributed by atoms with Crippen molar-refractivity contribution in [2.75, 3.05) is 26.4 Å². The van der Waals surface area contributed by atoms with E-state index in [9.17, 15) is 19.0 Å². The van der Waals surface area contributed by atoms with Crippen LogP contribution in [0.1, 0.15) is 129 Å². The molecule has 0 fully saturated rings. The molecule has 0 heterocycles. The standard InChI is InChI=1S/C43H70NO8P/c1-3-5-7-9-11-13-15-17-19-20-22-23-25-27-29-31-33-35-42(45)49-39-41(40-51-53(47,48)50-38-37-44)52-43(46)36-34-32-30-28-26-24-21-18-16-14-12-10-8-6-4-2/h5-8,11-14,17-19,21-23,27,29,41H,3-4,9-10,15-16,20,24-26,28,30-40,44H2,1-2H3,(H,47,48)/b7-5-,8-6-,13-11-,14-12-,19-17-,21-18-,23-22-,29-27-/t41-/m1/s1. The third kappa shape index (κ3) is 38.5. The molecule has 300 valence electrons. The van der Waals surface area contributed by atoms with E-state index >= 15 is 0 Å². The maximum Gasteiger partial charge on any atom is 0.472 e. The van der Waals surface area contributed by atoms with Crippen LogP contribution in [0.3, 0.4) is 0 Å². The fourth-order valence-corrected chi connectivity index (χ4v) is 5.39. The highest BCUT2D eigenvalue weighted by molar-refractivity contribution is 7.47. The van der Waals surface area contributed by atoms with E-state index < -0.39 is 32.5 Å². The molecule has 0 radical (unpaired) electrons. The van der Waals surface area contributed by atoms with Crippen LogP contribution in [-0.4, -0.2) is 49.3 Å². The number of allylic oxidation sites excluding steroid dienone is 16. The van der Waals surface area contributed by atoms with E-state index in [2.05, 4.69) is 105 Å². The molecule has 1 unspecified atom stereocenters. The zero-order valence-electron chi connectivity index (χ0n) is 32.7. The molecule has 0 saturated heterocycles. The number of ether oxygens (including phenoxy) is 2. The average Bonchev–Trinajstić information content (AvgIpc) is 3.14. The van der Waals surface area contributed by atoms with Gasteiger partial charge in [0.2, 0.25) is 0 Å². The van der Waals surface area contributed by atoms with Crippen LogP contribution in [0.2, 0.25) is 0 Å². The number of esters is 2. The zero-order valence-corrected chi connectivity index (χ0v) is 33.6. The molecule has 0 aromatic rings. The Hall–Kier alpha value is -3.07. The summed E-state index contributed by atoms with van der Waals surface area (Å²) in [4.78, 5) is 34.8. The van der Waals surface area contributed by atoms with Crippen LogP contribution in [0.4, 0.5) is 0 Å². The van der Waals surface area contributed by atoms with Gasteiger partial charge in [-0.15, -0.1) is 0 Å². The van der Waals surface area contributed by atoms with Crippen LogP contribution < -0.4 is 5.73 Å². The van der Waals surface area contributed by atoms with Crippen molar-refractivity contribution in [2.24, 2.45) is 5.73 Å². The second-order valence-electron chi connectivity index (χ2n) is 12.4. The van der Waals surface area contributed by atoms with Gasteiger partial charge >= 0.3 is 19.8 Å². The van der Waals surface area contributed by atoms with E-state index in [0.717, 1.165) is 89.9 Å². The van der Waals surface area contributed by atoms with Gasteiger partial charge in [-0.1, -0.05) is 130 Å². The van der Waals surface area contributed by atoms with Crippen molar-refractivity contribution in [2.45, 2.75) is 136 Å². The Morgan fingerprint density at radius 3 is 1.51 bits per heavy atom. The summed E-state index contributed by atoms with van der Waals surface area (Å²) in [5.41, 5.74) is 5.33. The van der Waals surface area contributed by atoms with E-state index in [0.29, 0.717) is 12.8 Å². The first-order chi connectivity index (χ1) is 25.8. The van der Waals surface area contributed by atoms with Gasteiger partial charge in [-0.25, -0.2) is 4.57 Å².